The van der Waals surface area contributed by atoms with Gasteiger partial charge in [-0.2, -0.15) is 5.26 Å². The minimum atomic E-state index is -4.18. The highest BCUT2D eigenvalue weighted by molar-refractivity contribution is 9.10. The van der Waals surface area contributed by atoms with Crippen molar-refractivity contribution in [1.29, 1.82) is 5.26 Å². The van der Waals surface area contributed by atoms with E-state index in [2.05, 4.69) is 15.9 Å². The van der Waals surface area contributed by atoms with Gasteiger partial charge >= 0.3 is 0 Å². The van der Waals surface area contributed by atoms with Crippen molar-refractivity contribution in [3.05, 3.63) is 116 Å². The maximum absolute atomic E-state index is 14.1. The largest absolute Gasteiger partial charge is 0.439 e. The fraction of sp³-hybridized carbons (Fsp3) is 0.0800. The summed E-state index contributed by atoms with van der Waals surface area (Å²) < 4.78 is 49.5. The molecule has 0 fully saturated rings. The number of sulfonamides is 1. The summed E-state index contributed by atoms with van der Waals surface area (Å²) in [5.74, 6) is -1.69. The summed E-state index contributed by atoms with van der Waals surface area (Å²) in [6.45, 7) is 0.0812. The SMILES string of the molecule is N#CC1=C(N)OC2=C([C@@H]1c1ccc(F)c(Br)c1)S(=O)(=O)N(Cc1ccccc1)c1ccccc12. The third-order valence-electron chi connectivity index (χ3n) is 5.80. The molecule has 34 heavy (non-hydrogen) atoms. The molecule has 0 unspecified atom stereocenters. The van der Waals surface area contributed by atoms with Crippen LogP contribution >= 0.6 is 15.9 Å². The van der Waals surface area contributed by atoms with Crippen LogP contribution in [0.3, 0.4) is 0 Å². The van der Waals surface area contributed by atoms with Gasteiger partial charge in [0.05, 0.1) is 22.6 Å². The molecule has 0 saturated heterocycles. The molecule has 2 N–H and O–H groups in total. The van der Waals surface area contributed by atoms with Gasteiger partial charge in [0, 0.05) is 5.56 Å². The van der Waals surface area contributed by atoms with Crippen molar-refractivity contribution in [2.45, 2.75) is 12.5 Å². The molecule has 2 aliphatic rings. The predicted molar refractivity (Wildman–Crippen MR) is 130 cm³/mol. The number of fused-ring (bicyclic) bond motifs is 2. The van der Waals surface area contributed by atoms with Crippen LogP contribution in [0.15, 0.2) is 93.6 Å². The molecule has 0 saturated carbocycles. The Morgan fingerprint density at radius 1 is 1.09 bits per heavy atom. The fourth-order valence-corrected chi connectivity index (χ4v) is 6.56. The number of nitrogens with zero attached hydrogens (tertiary/aromatic N) is 2. The van der Waals surface area contributed by atoms with Gasteiger partial charge in [0.2, 0.25) is 5.88 Å². The number of benzene rings is 3. The van der Waals surface area contributed by atoms with Gasteiger partial charge in [-0.25, -0.2) is 12.8 Å². The van der Waals surface area contributed by atoms with Crippen molar-refractivity contribution in [3.63, 3.8) is 0 Å². The van der Waals surface area contributed by atoms with E-state index in [1.165, 1.54) is 22.5 Å². The van der Waals surface area contributed by atoms with E-state index < -0.39 is 21.8 Å². The molecule has 3 aromatic carbocycles. The third-order valence-corrected chi connectivity index (χ3v) is 8.29. The second-order valence-electron chi connectivity index (χ2n) is 7.81. The highest BCUT2D eigenvalue weighted by Crippen LogP contribution is 2.51. The molecule has 0 aromatic heterocycles. The first-order chi connectivity index (χ1) is 16.3. The van der Waals surface area contributed by atoms with Crippen molar-refractivity contribution in [2.75, 3.05) is 4.31 Å². The minimum absolute atomic E-state index is 0.0557. The molecule has 0 bridgehead atoms. The number of allylic oxidation sites excluding steroid dienone is 2. The van der Waals surface area contributed by atoms with Crippen molar-refractivity contribution in [1.82, 2.24) is 0 Å². The number of anilines is 1. The van der Waals surface area contributed by atoms with E-state index in [0.29, 0.717) is 16.8 Å². The number of ether oxygens (including phenoxy) is 1. The van der Waals surface area contributed by atoms with Crippen molar-refractivity contribution >= 4 is 37.4 Å². The standard InChI is InChI=1S/C25H17BrFN3O3S/c26-19-12-16(10-11-20(19)27)22-18(13-28)25(29)33-23-17-8-4-5-9-21(17)30(34(31,32)24(22)23)14-15-6-2-1-3-7-15/h1-12,22H,14,29H2/t22-/m1/s1. The maximum atomic E-state index is 14.1. The summed E-state index contributed by atoms with van der Waals surface area (Å²) in [5, 5.41) is 9.89. The van der Waals surface area contributed by atoms with Gasteiger partial charge in [-0.15, -0.1) is 0 Å². The number of rotatable bonds is 3. The van der Waals surface area contributed by atoms with Crippen LogP contribution in [0.4, 0.5) is 10.1 Å². The Kier molecular flexibility index (Phi) is 5.42. The van der Waals surface area contributed by atoms with E-state index in [-0.39, 0.29) is 33.1 Å². The van der Waals surface area contributed by atoms with Crippen LogP contribution in [0.5, 0.6) is 0 Å². The van der Waals surface area contributed by atoms with E-state index >= 15 is 0 Å². The molecule has 3 aromatic rings. The summed E-state index contributed by atoms with van der Waals surface area (Å²) in [6, 6.07) is 22.3. The minimum Gasteiger partial charge on any atom is -0.439 e. The zero-order valence-electron chi connectivity index (χ0n) is 17.6. The molecule has 0 radical (unpaired) electrons. The Labute approximate surface area is 204 Å². The highest BCUT2D eigenvalue weighted by atomic mass is 79.9. The first-order valence-corrected chi connectivity index (χ1v) is 12.5. The van der Waals surface area contributed by atoms with Crippen molar-refractivity contribution < 1.29 is 17.5 Å². The first kappa shape index (κ1) is 22.2. The Morgan fingerprint density at radius 3 is 2.50 bits per heavy atom. The highest BCUT2D eigenvalue weighted by Gasteiger charge is 2.47. The molecule has 9 heteroatoms. The quantitative estimate of drug-likeness (QED) is 0.500. The molecule has 2 heterocycles. The van der Waals surface area contributed by atoms with E-state index in [4.69, 9.17) is 10.5 Å². The molecule has 170 valence electrons. The average Bonchev–Trinajstić information content (AvgIpc) is 2.83. The number of nitriles is 1. The van der Waals surface area contributed by atoms with Gasteiger partial charge in [0.15, 0.2) is 5.76 Å². The molecule has 6 nitrogen and oxygen atoms in total. The zero-order valence-corrected chi connectivity index (χ0v) is 20.0. The monoisotopic (exact) mass is 537 g/mol. The number of para-hydroxylation sites is 1. The molecule has 0 spiro atoms. The van der Waals surface area contributed by atoms with Gasteiger partial charge in [-0.3, -0.25) is 4.31 Å². The lowest BCUT2D eigenvalue weighted by Crippen LogP contribution is -2.39. The van der Waals surface area contributed by atoms with Crippen LogP contribution in [-0.2, 0) is 21.3 Å². The normalized spacial score (nSPS) is 18.6. The van der Waals surface area contributed by atoms with Gasteiger partial charge in [0.1, 0.15) is 22.4 Å². The maximum Gasteiger partial charge on any atom is 0.265 e. The van der Waals surface area contributed by atoms with Crippen LogP contribution in [0.1, 0.15) is 22.6 Å². The van der Waals surface area contributed by atoms with Crippen LogP contribution in [0.2, 0.25) is 0 Å². The molecule has 5 rings (SSSR count). The third kappa shape index (κ3) is 3.47. The van der Waals surface area contributed by atoms with E-state index in [0.717, 1.165) is 5.56 Å². The predicted octanol–water partition coefficient (Wildman–Crippen LogP) is 5.11. The Bertz CT molecular complexity index is 1530. The topological polar surface area (TPSA) is 96.4 Å². The molecular weight excluding hydrogens is 521 g/mol. The lowest BCUT2D eigenvalue weighted by Gasteiger charge is -2.38. The van der Waals surface area contributed by atoms with E-state index in [9.17, 15) is 18.1 Å². The molecule has 1 atom stereocenters. The summed E-state index contributed by atoms with van der Waals surface area (Å²) in [4.78, 5) is -0.105. The molecular formula is C25H17BrFN3O3S. The second-order valence-corrected chi connectivity index (χ2v) is 10.5. The van der Waals surface area contributed by atoms with Crippen LogP contribution < -0.4 is 10.0 Å². The van der Waals surface area contributed by atoms with Gasteiger partial charge in [-0.1, -0.05) is 48.5 Å². The molecule has 2 aliphatic heterocycles. The first-order valence-electron chi connectivity index (χ1n) is 10.3. The lowest BCUT2D eigenvalue weighted by molar-refractivity contribution is 0.357. The molecule has 0 amide bonds. The fourth-order valence-electron chi connectivity index (χ4n) is 4.25. The Hall–Kier alpha value is -3.61. The van der Waals surface area contributed by atoms with Crippen LogP contribution in [-0.4, -0.2) is 8.42 Å². The van der Waals surface area contributed by atoms with Crippen molar-refractivity contribution in [2.24, 2.45) is 5.73 Å². The number of halogens is 2. The van der Waals surface area contributed by atoms with E-state index in [1.54, 1.807) is 24.3 Å². The van der Waals surface area contributed by atoms with Gasteiger partial charge in [0.25, 0.3) is 10.0 Å². The lowest BCUT2D eigenvalue weighted by atomic mass is 9.88. The van der Waals surface area contributed by atoms with Gasteiger partial charge in [-0.05, 0) is 51.3 Å². The summed E-state index contributed by atoms with van der Waals surface area (Å²) >= 11 is 3.16. The van der Waals surface area contributed by atoms with Gasteiger partial charge < -0.3 is 10.5 Å². The Balaban J connectivity index is 1.78. The van der Waals surface area contributed by atoms with E-state index in [1.807, 2.05) is 36.4 Å². The second kappa shape index (κ2) is 8.31. The average molecular weight is 538 g/mol. The Morgan fingerprint density at radius 2 is 1.79 bits per heavy atom. The van der Waals surface area contributed by atoms with Crippen LogP contribution in [0.25, 0.3) is 5.76 Å². The molecule has 0 aliphatic carbocycles. The number of hydrogen-bond donors (Lipinski definition) is 1. The summed E-state index contributed by atoms with van der Waals surface area (Å²) in [7, 11) is -4.18. The summed E-state index contributed by atoms with van der Waals surface area (Å²) in [5.41, 5.74) is 8.21. The summed E-state index contributed by atoms with van der Waals surface area (Å²) in [6.07, 6.45) is 0. The van der Waals surface area contributed by atoms with Crippen LogP contribution in [0, 0.1) is 17.1 Å². The number of hydrogen-bond acceptors (Lipinski definition) is 5. The van der Waals surface area contributed by atoms with Crippen molar-refractivity contribution in [3.8, 4) is 6.07 Å². The number of nitrogens with two attached hydrogens (primary N) is 1. The smallest absolute Gasteiger partial charge is 0.265 e. The zero-order chi connectivity index (χ0) is 24.0.